The number of halogens is 2. The number of rotatable bonds is 3. The molecule has 1 saturated carbocycles. The molecule has 17 heavy (non-hydrogen) atoms. The summed E-state index contributed by atoms with van der Waals surface area (Å²) in [4.78, 5) is 10.9. The van der Waals surface area contributed by atoms with Crippen LogP contribution >= 0.6 is 0 Å². The SMILES string of the molecule is CC(=O)Nc1cccc(C2(CN)CC2(F)F)c1. The van der Waals surface area contributed by atoms with Gasteiger partial charge in [-0.25, -0.2) is 8.78 Å². The second-order valence-corrected chi connectivity index (χ2v) is 4.43. The van der Waals surface area contributed by atoms with Gasteiger partial charge in [-0.2, -0.15) is 0 Å². The van der Waals surface area contributed by atoms with E-state index in [1.165, 1.54) is 6.92 Å². The number of alkyl halides is 2. The van der Waals surface area contributed by atoms with E-state index in [1.807, 2.05) is 0 Å². The minimum atomic E-state index is -2.74. The maximum atomic E-state index is 13.4. The molecule has 1 aliphatic rings. The summed E-state index contributed by atoms with van der Waals surface area (Å²) in [6, 6.07) is 6.50. The lowest BCUT2D eigenvalue weighted by atomic mass is 9.95. The maximum Gasteiger partial charge on any atom is 0.260 e. The van der Waals surface area contributed by atoms with Crippen LogP contribution in [0.25, 0.3) is 0 Å². The molecule has 92 valence electrons. The van der Waals surface area contributed by atoms with E-state index in [0.717, 1.165) is 0 Å². The average molecular weight is 240 g/mol. The average Bonchev–Trinajstić information content (AvgIpc) is 2.82. The van der Waals surface area contributed by atoms with E-state index < -0.39 is 11.3 Å². The van der Waals surface area contributed by atoms with E-state index in [1.54, 1.807) is 24.3 Å². The van der Waals surface area contributed by atoms with Gasteiger partial charge in [-0.15, -0.1) is 0 Å². The first-order valence-corrected chi connectivity index (χ1v) is 5.37. The van der Waals surface area contributed by atoms with Crippen molar-refractivity contribution in [3.63, 3.8) is 0 Å². The molecule has 0 radical (unpaired) electrons. The lowest BCUT2D eigenvalue weighted by molar-refractivity contribution is -0.114. The van der Waals surface area contributed by atoms with Crippen LogP contribution in [0.15, 0.2) is 24.3 Å². The predicted octanol–water partition coefficient (Wildman–Crippen LogP) is 1.88. The van der Waals surface area contributed by atoms with Crippen molar-refractivity contribution in [3.8, 4) is 0 Å². The largest absolute Gasteiger partial charge is 0.329 e. The quantitative estimate of drug-likeness (QED) is 0.847. The Balaban J connectivity index is 2.31. The van der Waals surface area contributed by atoms with Crippen molar-refractivity contribution < 1.29 is 13.6 Å². The Morgan fingerprint density at radius 1 is 1.53 bits per heavy atom. The number of amides is 1. The summed E-state index contributed by atoms with van der Waals surface area (Å²) in [6.45, 7) is 1.28. The Bertz CT molecular complexity index is 462. The zero-order valence-electron chi connectivity index (χ0n) is 9.47. The molecule has 1 atom stereocenters. The minimum absolute atomic E-state index is 0.0937. The van der Waals surface area contributed by atoms with Crippen LogP contribution in [0.3, 0.4) is 0 Å². The summed E-state index contributed by atoms with van der Waals surface area (Å²) in [6.07, 6.45) is -0.222. The van der Waals surface area contributed by atoms with Gasteiger partial charge in [0.2, 0.25) is 5.91 Å². The third-order valence-electron chi connectivity index (χ3n) is 3.18. The smallest absolute Gasteiger partial charge is 0.260 e. The highest BCUT2D eigenvalue weighted by molar-refractivity contribution is 5.88. The number of benzene rings is 1. The monoisotopic (exact) mass is 240 g/mol. The number of hydrogen-bond acceptors (Lipinski definition) is 2. The van der Waals surface area contributed by atoms with Crippen LogP contribution < -0.4 is 11.1 Å². The highest BCUT2D eigenvalue weighted by Gasteiger charge is 2.71. The second kappa shape index (κ2) is 3.77. The van der Waals surface area contributed by atoms with Crippen LogP contribution in [0.1, 0.15) is 18.9 Å². The first-order valence-electron chi connectivity index (χ1n) is 5.37. The molecule has 5 heteroatoms. The van der Waals surface area contributed by atoms with Crippen molar-refractivity contribution in [2.45, 2.75) is 24.7 Å². The topological polar surface area (TPSA) is 55.1 Å². The summed E-state index contributed by atoms with van der Waals surface area (Å²) >= 11 is 0. The van der Waals surface area contributed by atoms with E-state index in [9.17, 15) is 13.6 Å². The third kappa shape index (κ3) is 1.91. The summed E-state index contributed by atoms with van der Waals surface area (Å²) in [5, 5.41) is 2.57. The molecule has 1 aliphatic carbocycles. The molecule has 0 aliphatic heterocycles. The van der Waals surface area contributed by atoms with Crippen LogP contribution in [0.4, 0.5) is 14.5 Å². The summed E-state index contributed by atoms with van der Waals surface area (Å²) < 4.78 is 26.7. The van der Waals surface area contributed by atoms with Gasteiger partial charge in [-0.3, -0.25) is 4.79 Å². The fourth-order valence-electron chi connectivity index (χ4n) is 2.09. The van der Waals surface area contributed by atoms with Gasteiger partial charge < -0.3 is 11.1 Å². The molecule has 1 aromatic carbocycles. The molecule has 0 bridgehead atoms. The zero-order chi connectivity index (χ0) is 12.7. The minimum Gasteiger partial charge on any atom is -0.329 e. The Morgan fingerprint density at radius 2 is 2.18 bits per heavy atom. The van der Waals surface area contributed by atoms with Crippen LogP contribution in [-0.4, -0.2) is 18.4 Å². The standard InChI is InChI=1S/C12H14F2N2O/c1-8(17)16-10-4-2-3-9(5-10)11(7-15)6-12(11,13)14/h2-5H,6-7,15H2,1H3,(H,16,17). The van der Waals surface area contributed by atoms with Gasteiger partial charge >= 0.3 is 0 Å². The Kier molecular flexibility index (Phi) is 2.66. The van der Waals surface area contributed by atoms with Crippen LogP contribution in [0.5, 0.6) is 0 Å². The summed E-state index contributed by atoms with van der Waals surface area (Å²) in [7, 11) is 0. The van der Waals surface area contributed by atoms with Crippen molar-refractivity contribution in [1.29, 1.82) is 0 Å². The van der Waals surface area contributed by atoms with Gasteiger partial charge in [-0.05, 0) is 17.7 Å². The fraction of sp³-hybridized carbons (Fsp3) is 0.417. The van der Waals surface area contributed by atoms with Crippen LogP contribution in [0.2, 0.25) is 0 Å². The van der Waals surface area contributed by atoms with Crippen molar-refractivity contribution in [3.05, 3.63) is 29.8 Å². The molecule has 1 unspecified atom stereocenters. The molecule has 3 N–H and O–H groups in total. The highest BCUT2D eigenvalue weighted by Crippen LogP contribution is 2.61. The molecule has 1 fully saturated rings. The fourth-order valence-corrected chi connectivity index (χ4v) is 2.09. The maximum absolute atomic E-state index is 13.4. The lowest BCUT2D eigenvalue weighted by Gasteiger charge is -2.15. The van der Waals surface area contributed by atoms with Crippen molar-refractivity contribution in [1.82, 2.24) is 0 Å². The lowest BCUT2D eigenvalue weighted by Crippen LogP contribution is -2.26. The van der Waals surface area contributed by atoms with Crippen LogP contribution in [-0.2, 0) is 10.2 Å². The zero-order valence-corrected chi connectivity index (χ0v) is 9.47. The van der Waals surface area contributed by atoms with E-state index in [-0.39, 0.29) is 18.9 Å². The van der Waals surface area contributed by atoms with E-state index in [2.05, 4.69) is 5.32 Å². The summed E-state index contributed by atoms with van der Waals surface area (Å²) in [5.41, 5.74) is 5.21. The van der Waals surface area contributed by atoms with E-state index >= 15 is 0 Å². The summed E-state index contributed by atoms with van der Waals surface area (Å²) in [5.74, 6) is -2.97. The van der Waals surface area contributed by atoms with Crippen molar-refractivity contribution in [2.24, 2.45) is 5.73 Å². The molecule has 0 aromatic heterocycles. The van der Waals surface area contributed by atoms with E-state index in [0.29, 0.717) is 11.3 Å². The van der Waals surface area contributed by atoms with Gasteiger partial charge in [0.05, 0.1) is 5.41 Å². The molecule has 2 rings (SSSR count). The molecule has 0 spiro atoms. The normalized spacial score (nSPS) is 25.4. The predicted molar refractivity (Wildman–Crippen MR) is 61.0 cm³/mol. The molecule has 0 saturated heterocycles. The number of carbonyl (C=O) groups excluding carboxylic acids is 1. The first-order chi connectivity index (χ1) is 7.91. The van der Waals surface area contributed by atoms with Gasteiger partial charge in [-0.1, -0.05) is 12.1 Å². The van der Waals surface area contributed by atoms with Crippen LogP contribution in [0, 0.1) is 0 Å². The number of nitrogens with two attached hydrogens (primary N) is 1. The molecular weight excluding hydrogens is 226 g/mol. The number of carbonyl (C=O) groups is 1. The highest BCUT2D eigenvalue weighted by atomic mass is 19.3. The number of hydrogen-bond donors (Lipinski definition) is 2. The molecule has 0 heterocycles. The Morgan fingerprint density at radius 3 is 2.65 bits per heavy atom. The Labute approximate surface area is 98.0 Å². The molecule has 1 aromatic rings. The van der Waals surface area contributed by atoms with Crippen molar-refractivity contribution in [2.75, 3.05) is 11.9 Å². The second-order valence-electron chi connectivity index (χ2n) is 4.43. The van der Waals surface area contributed by atoms with E-state index in [4.69, 9.17) is 5.73 Å². The number of anilines is 1. The van der Waals surface area contributed by atoms with Crippen molar-refractivity contribution >= 4 is 11.6 Å². The van der Waals surface area contributed by atoms with Gasteiger partial charge in [0.15, 0.2) is 0 Å². The first kappa shape index (κ1) is 12.0. The van der Waals surface area contributed by atoms with Gasteiger partial charge in [0.25, 0.3) is 5.92 Å². The molecular formula is C12H14F2N2O. The molecule has 1 amide bonds. The number of nitrogens with one attached hydrogen (secondary N) is 1. The third-order valence-corrected chi connectivity index (χ3v) is 3.18. The van der Waals surface area contributed by atoms with Gasteiger partial charge in [0, 0.05) is 25.6 Å². The molecule has 3 nitrogen and oxygen atoms in total. The Hall–Kier alpha value is -1.49. The van der Waals surface area contributed by atoms with Gasteiger partial charge in [0.1, 0.15) is 0 Å².